The number of amides is 2. The first-order valence-electron chi connectivity index (χ1n) is 12.6. The molecule has 2 aliphatic rings. The van der Waals surface area contributed by atoms with Crippen molar-refractivity contribution in [1.29, 1.82) is 5.41 Å². The summed E-state index contributed by atoms with van der Waals surface area (Å²) in [6, 6.07) is 1.72. The predicted octanol–water partition coefficient (Wildman–Crippen LogP) is 1.29. The van der Waals surface area contributed by atoms with Crippen LogP contribution in [0.2, 0.25) is 0 Å². The lowest BCUT2D eigenvalue weighted by atomic mass is 9.82. The van der Waals surface area contributed by atoms with E-state index in [4.69, 9.17) is 18.6 Å². The van der Waals surface area contributed by atoms with Crippen LogP contribution in [0.25, 0.3) is 0 Å². The van der Waals surface area contributed by atoms with Crippen molar-refractivity contribution in [1.82, 2.24) is 15.5 Å². The first kappa shape index (κ1) is 21.9. The number of hydrogen-bond acceptors (Lipinski definition) is 6. The Bertz CT molecular complexity index is 944. The van der Waals surface area contributed by atoms with Crippen molar-refractivity contribution in [2.45, 2.75) is 64.1 Å². The summed E-state index contributed by atoms with van der Waals surface area (Å²) in [6.07, 6.45) is 5.56. The van der Waals surface area contributed by atoms with Crippen molar-refractivity contribution >= 4 is 23.6 Å². The lowest BCUT2D eigenvalue weighted by Crippen LogP contribution is -2.63. The number of nitrogens with zero attached hydrogens (tertiary/aromatic N) is 1. The molecule has 0 unspecified atom stereocenters. The highest BCUT2D eigenvalue weighted by Gasteiger charge is 2.42. The van der Waals surface area contributed by atoms with Gasteiger partial charge < -0.3 is 20.7 Å². The number of hydrogen-bond donors (Lipinski definition) is 4. The van der Waals surface area contributed by atoms with E-state index in [0.29, 0.717) is 18.5 Å². The quantitative estimate of drug-likeness (QED) is 0.235. The monoisotopic (exact) mass is 461 g/mol. The number of benzene rings is 1. The van der Waals surface area contributed by atoms with Gasteiger partial charge in [-0.25, -0.2) is 0 Å². The zero-order valence-electron chi connectivity index (χ0n) is 21.1. The smallest absolute Gasteiger partial charge is 0.319 e. The maximum absolute atomic E-state index is 13.4. The Kier molecular flexibility index (Phi) is 7.82. The minimum Gasteiger partial charge on any atom is -0.465 e. The summed E-state index contributed by atoms with van der Waals surface area (Å²) in [6.45, 7) is 2.53. The number of rotatable bonds is 10. The van der Waals surface area contributed by atoms with E-state index in [1.54, 1.807) is 11.8 Å². The molecule has 1 saturated heterocycles. The van der Waals surface area contributed by atoms with E-state index in [-0.39, 0.29) is 60.9 Å². The minimum atomic E-state index is -0.597. The number of esters is 1. The first-order chi connectivity index (χ1) is 16.7. The second kappa shape index (κ2) is 11.8. The molecular weight excluding hydrogens is 422 g/mol. The van der Waals surface area contributed by atoms with Crippen LogP contribution in [0.4, 0.5) is 0 Å². The average Bonchev–Trinajstić information content (AvgIpc) is 2.77. The second-order valence-corrected chi connectivity index (χ2v) is 8.56. The molecule has 5 N–H and O–H groups in total. The van der Waals surface area contributed by atoms with Crippen LogP contribution in [0.3, 0.4) is 0 Å². The summed E-state index contributed by atoms with van der Waals surface area (Å²) in [5, 5.41) is 13.4. The third kappa shape index (κ3) is 6.54. The number of amidine groups is 1. The maximum Gasteiger partial charge on any atom is 0.319 e. The van der Waals surface area contributed by atoms with Gasteiger partial charge in [0.15, 0.2) is 0 Å². The molecule has 0 aromatic heterocycles. The van der Waals surface area contributed by atoms with Crippen LogP contribution < -0.4 is 16.4 Å². The Labute approximate surface area is 197 Å². The van der Waals surface area contributed by atoms with E-state index in [9.17, 15) is 14.4 Å². The minimum absolute atomic E-state index is 0.0438. The van der Waals surface area contributed by atoms with E-state index in [0.717, 1.165) is 32.1 Å². The van der Waals surface area contributed by atoms with Crippen LogP contribution in [0, 0.1) is 11.3 Å². The maximum atomic E-state index is 13.4. The van der Waals surface area contributed by atoms with Crippen LogP contribution in [0.15, 0.2) is 24.2 Å². The van der Waals surface area contributed by atoms with Gasteiger partial charge in [-0.1, -0.05) is 43.5 Å². The second-order valence-electron chi connectivity index (χ2n) is 8.56. The van der Waals surface area contributed by atoms with Crippen LogP contribution >= 0.6 is 0 Å². The Morgan fingerprint density at radius 3 is 2.52 bits per heavy atom. The predicted molar refractivity (Wildman–Crippen MR) is 124 cm³/mol. The molecule has 1 aromatic rings. The molecule has 9 heteroatoms. The third-order valence-corrected chi connectivity index (χ3v) is 6.30. The number of carbonyl (C=O) groups is 3. The number of likely N-dealkylation sites (tertiary alicyclic amines) is 1. The number of nitrogens with two attached hydrogens (primary N) is 1. The van der Waals surface area contributed by atoms with Crippen LogP contribution in [-0.2, 0) is 25.7 Å². The fourth-order valence-electron chi connectivity index (χ4n) is 4.41. The van der Waals surface area contributed by atoms with Gasteiger partial charge in [0.25, 0.3) is 0 Å². The molecule has 3 rings (SSSR count). The number of nitrogen functional groups attached to an aromatic ring is 1. The van der Waals surface area contributed by atoms with E-state index in [1.165, 1.54) is 12.1 Å². The third-order valence-electron chi connectivity index (χ3n) is 6.30. The van der Waals surface area contributed by atoms with E-state index in [2.05, 4.69) is 10.6 Å². The molecule has 2 fully saturated rings. The fourth-order valence-corrected chi connectivity index (χ4v) is 4.41. The highest BCUT2D eigenvalue weighted by atomic mass is 16.5. The molecular formula is C24H35N5O4. The lowest BCUT2D eigenvalue weighted by molar-refractivity contribution is -0.151. The van der Waals surface area contributed by atoms with E-state index < -0.39 is 18.1 Å². The topological polar surface area (TPSA) is 138 Å². The molecule has 1 aliphatic heterocycles. The van der Waals surface area contributed by atoms with Gasteiger partial charge in [-0.3, -0.25) is 25.1 Å². The lowest BCUT2D eigenvalue weighted by Gasteiger charge is -2.43. The molecule has 0 bridgehead atoms. The molecule has 2 amide bonds. The van der Waals surface area contributed by atoms with Crippen molar-refractivity contribution in [3.8, 4) is 0 Å². The number of ether oxygens (including phenoxy) is 1. The molecule has 2 atom stereocenters. The van der Waals surface area contributed by atoms with Gasteiger partial charge in [0.2, 0.25) is 11.8 Å². The first-order valence-corrected chi connectivity index (χ1v) is 11.6. The molecule has 33 heavy (non-hydrogen) atoms. The summed E-state index contributed by atoms with van der Waals surface area (Å²) >= 11 is 0. The van der Waals surface area contributed by atoms with Crippen molar-refractivity contribution in [2.75, 3.05) is 19.7 Å². The molecule has 0 radical (unpaired) electrons. The van der Waals surface area contributed by atoms with Gasteiger partial charge in [-0.2, -0.15) is 0 Å². The van der Waals surface area contributed by atoms with E-state index in [1.807, 2.05) is 0 Å². The van der Waals surface area contributed by atoms with E-state index >= 15 is 0 Å². The number of carbonyl (C=O) groups excluding carboxylic acids is 3. The van der Waals surface area contributed by atoms with Crippen LogP contribution in [0.1, 0.15) is 59.3 Å². The Morgan fingerprint density at radius 1 is 1.24 bits per heavy atom. The standard InChI is InChI=1S/C24H35N5O4/c1-2-33-20(30)15-27-21(17-6-4-3-5-7-17)24(32)29-13-12-19(29)23(31)28-14-16-8-10-18(11-9-16)22(25)26/h8-11,17,19,21,27H,2-7,12-15H2,1H3,(H3,25,26)(H,28,31)/t19-,21+/m0/s1/i10T,11T. The molecule has 0 spiro atoms. The molecule has 1 aromatic carbocycles. The van der Waals surface area contributed by atoms with Crippen molar-refractivity contribution in [3.05, 3.63) is 35.3 Å². The van der Waals surface area contributed by atoms with Crippen molar-refractivity contribution in [3.63, 3.8) is 0 Å². The van der Waals surface area contributed by atoms with Gasteiger partial charge >= 0.3 is 5.97 Å². The Hall–Kier alpha value is -2.94. The van der Waals surface area contributed by atoms with Gasteiger partial charge in [-0.15, -0.1) is 0 Å². The molecule has 180 valence electrons. The normalized spacial score (nSPS) is 20.2. The van der Waals surface area contributed by atoms with Crippen molar-refractivity contribution in [2.24, 2.45) is 11.7 Å². The fraction of sp³-hybridized carbons (Fsp3) is 0.583. The average molecular weight is 462 g/mol. The molecule has 1 aliphatic carbocycles. The molecule has 1 heterocycles. The Morgan fingerprint density at radius 2 is 1.94 bits per heavy atom. The SMILES string of the molecule is [3H]c1cc(CNC(=O)[C@@H]2CCN2C(=O)[C@H](NCC(=O)OCC)C2CCCCC2)cc([3H])c1C(=N)N. The Balaban J connectivity index is 1.62. The highest BCUT2D eigenvalue weighted by molar-refractivity contribution is 5.95. The molecule has 9 nitrogen and oxygen atoms in total. The summed E-state index contributed by atoms with van der Waals surface area (Å²) in [5.41, 5.74) is 6.04. The molecule has 1 saturated carbocycles. The summed E-state index contributed by atoms with van der Waals surface area (Å²) in [4.78, 5) is 39.7. The van der Waals surface area contributed by atoms with Crippen LogP contribution in [-0.4, -0.2) is 60.3 Å². The summed E-state index contributed by atoms with van der Waals surface area (Å²) < 4.78 is 21.0. The highest BCUT2D eigenvalue weighted by Crippen LogP contribution is 2.29. The summed E-state index contributed by atoms with van der Waals surface area (Å²) in [7, 11) is 0. The zero-order valence-corrected chi connectivity index (χ0v) is 19.1. The van der Waals surface area contributed by atoms with Gasteiger partial charge in [-0.05, 0) is 37.7 Å². The van der Waals surface area contributed by atoms with Gasteiger partial charge in [0.1, 0.15) is 11.9 Å². The van der Waals surface area contributed by atoms with Crippen LogP contribution in [0.5, 0.6) is 0 Å². The zero-order chi connectivity index (χ0) is 25.5. The van der Waals surface area contributed by atoms with Gasteiger partial charge in [0, 0.05) is 18.7 Å². The van der Waals surface area contributed by atoms with Crippen molar-refractivity contribution < 1.29 is 21.9 Å². The summed E-state index contributed by atoms with van der Waals surface area (Å²) in [5.74, 6) is -1.10. The van der Waals surface area contributed by atoms with Gasteiger partial charge in [0.05, 0.1) is 21.9 Å². The largest absolute Gasteiger partial charge is 0.465 e. The number of nitrogens with one attached hydrogen (secondary N) is 3.